The lowest BCUT2D eigenvalue weighted by atomic mass is 10.1. The summed E-state index contributed by atoms with van der Waals surface area (Å²) < 4.78 is 12.5. The van der Waals surface area contributed by atoms with E-state index in [9.17, 15) is 4.79 Å². The largest absolute Gasteiger partial charge is 0.493 e. The molecule has 0 unspecified atom stereocenters. The van der Waals surface area contributed by atoms with Crippen LogP contribution in [0, 0.1) is 0 Å². The Bertz CT molecular complexity index is 1320. The van der Waals surface area contributed by atoms with Gasteiger partial charge in [0.15, 0.2) is 17.1 Å². The second-order valence-electron chi connectivity index (χ2n) is 8.19. The zero-order valence-corrected chi connectivity index (χ0v) is 21.1. The number of likely N-dealkylation sites (N-methyl/N-ethyl adjacent to an activating group) is 1. The molecule has 9 nitrogen and oxygen atoms in total. The van der Waals surface area contributed by atoms with Gasteiger partial charge in [0, 0.05) is 36.1 Å². The van der Waals surface area contributed by atoms with Crippen molar-refractivity contribution in [2.24, 2.45) is 0 Å². The zero-order chi connectivity index (χ0) is 25.5. The van der Waals surface area contributed by atoms with Gasteiger partial charge in [0.05, 0.1) is 20.4 Å². The first-order valence-corrected chi connectivity index (χ1v) is 12.0. The molecule has 0 spiro atoms. The predicted octanol–water partition coefficient (Wildman–Crippen LogP) is 4.23. The molecular formula is C27H32N6O3. The third kappa shape index (κ3) is 5.58. The van der Waals surface area contributed by atoms with Crippen molar-refractivity contribution in [2.75, 3.05) is 45.7 Å². The van der Waals surface area contributed by atoms with Gasteiger partial charge < -0.3 is 25.0 Å². The molecule has 4 aromatic rings. The summed E-state index contributed by atoms with van der Waals surface area (Å²) in [4.78, 5) is 19.5. The number of methoxy groups -OCH3 is 2. The molecule has 2 aromatic heterocycles. The minimum absolute atomic E-state index is 0.0768. The predicted molar refractivity (Wildman–Crippen MR) is 141 cm³/mol. The van der Waals surface area contributed by atoms with Crippen LogP contribution >= 0.6 is 0 Å². The molecule has 0 saturated heterocycles. The number of benzene rings is 2. The fourth-order valence-electron chi connectivity index (χ4n) is 3.97. The molecule has 2 N–H and O–H groups in total. The Morgan fingerprint density at radius 3 is 2.44 bits per heavy atom. The van der Waals surface area contributed by atoms with Crippen LogP contribution < -0.4 is 20.1 Å². The number of carbonyl (C=O) groups is 1. The average molecular weight is 489 g/mol. The summed E-state index contributed by atoms with van der Waals surface area (Å²) in [7, 11) is 3.22. The van der Waals surface area contributed by atoms with Crippen molar-refractivity contribution >= 4 is 23.1 Å². The van der Waals surface area contributed by atoms with E-state index < -0.39 is 0 Å². The van der Waals surface area contributed by atoms with Crippen LogP contribution in [-0.2, 0) is 0 Å². The van der Waals surface area contributed by atoms with Crippen LogP contribution in [0.5, 0.6) is 11.5 Å². The Labute approximate surface area is 211 Å². The third-order valence-electron chi connectivity index (χ3n) is 6.09. The number of hydrogen-bond acceptors (Lipinski definition) is 7. The second kappa shape index (κ2) is 11.5. The van der Waals surface area contributed by atoms with Crippen LogP contribution in [0.4, 0.5) is 11.5 Å². The van der Waals surface area contributed by atoms with Gasteiger partial charge >= 0.3 is 0 Å². The van der Waals surface area contributed by atoms with Gasteiger partial charge in [-0.3, -0.25) is 4.79 Å². The molecule has 0 aliphatic rings. The Morgan fingerprint density at radius 2 is 1.75 bits per heavy atom. The molecule has 188 valence electrons. The van der Waals surface area contributed by atoms with Crippen molar-refractivity contribution in [2.45, 2.75) is 13.8 Å². The first-order chi connectivity index (χ1) is 17.6. The van der Waals surface area contributed by atoms with Gasteiger partial charge in [-0.05, 0) is 61.1 Å². The summed E-state index contributed by atoms with van der Waals surface area (Å²) in [5.41, 5.74) is 3.95. The van der Waals surface area contributed by atoms with E-state index in [4.69, 9.17) is 14.5 Å². The van der Waals surface area contributed by atoms with Gasteiger partial charge in [0.2, 0.25) is 0 Å². The molecule has 2 heterocycles. The average Bonchev–Trinajstić information content (AvgIpc) is 3.34. The van der Waals surface area contributed by atoms with E-state index in [0.717, 1.165) is 36.4 Å². The number of nitrogens with one attached hydrogen (secondary N) is 2. The standard InChI is InChI=1S/C27H32N6O3/c1-5-32(6-2)16-14-28-27(34)19-7-10-21(11-8-19)30-25-13-15-33-26(31-25)22(18-29-33)20-9-12-23(35-3)24(17-20)36-4/h7-13,15,17-18H,5-6,14,16H2,1-4H3,(H,28,34)(H,30,31). The molecule has 2 aromatic carbocycles. The number of hydrogen-bond donors (Lipinski definition) is 2. The van der Waals surface area contributed by atoms with Crippen molar-refractivity contribution in [3.05, 3.63) is 66.5 Å². The van der Waals surface area contributed by atoms with Crippen LogP contribution in [0.25, 0.3) is 16.8 Å². The van der Waals surface area contributed by atoms with Crippen LogP contribution in [-0.4, -0.2) is 65.8 Å². The van der Waals surface area contributed by atoms with Gasteiger partial charge in [-0.25, -0.2) is 9.50 Å². The molecule has 0 saturated carbocycles. The van der Waals surface area contributed by atoms with Crippen LogP contribution in [0.3, 0.4) is 0 Å². The Hall–Kier alpha value is -4.11. The monoisotopic (exact) mass is 488 g/mol. The molecule has 4 rings (SSSR count). The normalized spacial score (nSPS) is 11.0. The zero-order valence-electron chi connectivity index (χ0n) is 21.1. The van der Waals surface area contributed by atoms with Crippen molar-refractivity contribution in [1.82, 2.24) is 24.8 Å². The minimum atomic E-state index is -0.0768. The van der Waals surface area contributed by atoms with E-state index in [1.54, 1.807) is 24.9 Å². The number of amides is 1. The van der Waals surface area contributed by atoms with Gasteiger partial charge in [0.1, 0.15) is 5.82 Å². The summed E-state index contributed by atoms with van der Waals surface area (Å²) in [5.74, 6) is 1.89. The van der Waals surface area contributed by atoms with Crippen molar-refractivity contribution in [3.8, 4) is 22.6 Å². The van der Waals surface area contributed by atoms with Gasteiger partial charge in [0.25, 0.3) is 5.91 Å². The molecule has 9 heteroatoms. The first-order valence-electron chi connectivity index (χ1n) is 12.0. The van der Waals surface area contributed by atoms with E-state index in [1.165, 1.54) is 0 Å². The second-order valence-corrected chi connectivity index (χ2v) is 8.19. The highest BCUT2D eigenvalue weighted by Crippen LogP contribution is 2.33. The van der Waals surface area contributed by atoms with Crippen molar-refractivity contribution < 1.29 is 14.3 Å². The number of rotatable bonds is 11. The molecule has 0 bridgehead atoms. The lowest BCUT2D eigenvalue weighted by Gasteiger charge is -2.18. The summed E-state index contributed by atoms with van der Waals surface area (Å²) in [6.45, 7) is 7.65. The highest BCUT2D eigenvalue weighted by atomic mass is 16.5. The number of ether oxygens (including phenoxy) is 2. The Balaban J connectivity index is 1.47. The van der Waals surface area contributed by atoms with Crippen molar-refractivity contribution in [3.63, 3.8) is 0 Å². The van der Waals surface area contributed by atoms with Crippen molar-refractivity contribution in [1.29, 1.82) is 0 Å². The molecular weight excluding hydrogens is 456 g/mol. The van der Waals surface area contributed by atoms with E-state index in [1.807, 2.05) is 54.7 Å². The van der Waals surface area contributed by atoms with Crippen LogP contribution in [0.2, 0.25) is 0 Å². The maximum Gasteiger partial charge on any atom is 0.251 e. The topological polar surface area (TPSA) is 93.0 Å². The minimum Gasteiger partial charge on any atom is -0.493 e. The first kappa shape index (κ1) is 25.0. The summed E-state index contributed by atoms with van der Waals surface area (Å²) in [6.07, 6.45) is 3.63. The summed E-state index contributed by atoms with van der Waals surface area (Å²) in [5, 5.41) is 10.7. The lowest BCUT2D eigenvalue weighted by Crippen LogP contribution is -2.34. The lowest BCUT2D eigenvalue weighted by molar-refractivity contribution is 0.0949. The third-order valence-corrected chi connectivity index (χ3v) is 6.09. The van der Waals surface area contributed by atoms with Gasteiger partial charge in [-0.1, -0.05) is 19.9 Å². The fraction of sp³-hybridized carbons (Fsp3) is 0.296. The van der Waals surface area contributed by atoms with E-state index in [2.05, 4.69) is 34.5 Å². The Kier molecular flexibility index (Phi) is 8.02. The molecule has 0 aliphatic carbocycles. The molecule has 1 amide bonds. The van der Waals surface area contributed by atoms with E-state index in [0.29, 0.717) is 35.1 Å². The number of fused-ring (bicyclic) bond motifs is 1. The fourth-order valence-corrected chi connectivity index (χ4v) is 3.97. The van der Waals surface area contributed by atoms with Crippen LogP contribution in [0.15, 0.2) is 60.9 Å². The Morgan fingerprint density at radius 1 is 1.00 bits per heavy atom. The summed E-state index contributed by atoms with van der Waals surface area (Å²) >= 11 is 0. The molecule has 0 atom stereocenters. The maximum atomic E-state index is 12.5. The smallest absolute Gasteiger partial charge is 0.251 e. The molecule has 36 heavy (non-hydrogen) atoms. The number of carbonyl (C=O) groups excluding carboxylic acids is 1. The number of anilines is 2. The van der Waals surface area contributed by atoms with E-state index >= 15 is 0 Å². The van der Waals surface area contributed by atoms with Gasteiger partial charge in [-0.15, -0.1) is 0 Å². The quantitative estimate of drug-likeness (QED) is 0.326. The maximum absolute atomic E-state index is 12.5. The van der Waals surface area contributed by atoms with Gasteiger partial charge in [-0.2, -0.15) is 5.10 Å². The molecule has 0 radical (unpaired) electrons. The summed E-state index contributed by atoms with van der Waals surface area (Å²) in [6, 6.07) is 14.9. The van der Waals surface area contributed by atoms with Crippen LogP contribution in [0.1, 0.15) is 24.2 Å². The SMILES string of the molecule is CCN(CC)CCNC(=O)c1ccc(Nc2ccn3ncc(-c4ccc(OC)c(OC)c4)c3n2)cc1. The highest BCUT2D eigenvalue weighted by Gasteiger charge is 2.13. The number of nitrogens with zero attached hydrogens (tertiary/aromatic N) is 4. The highest BCUT2D eigenvalue weighted by molar-refractivity contribution is 5.94. The molecule has 0 fully saturated rings. The molecule has 0 aliphatic heterocycles. The number of aromatic nitrogens is 3. The van der Waals surface area contributed by atoms with E-state index in [-0.39, 0.29) is 5.91 Å².